The molecule has 1 aromatic carbocycles. The van der Waals surface area contributed by atoms with Crippen LogP contribution in [-0.4, -0.2) is 6.04 Å². The van der Waals surface area contributed by atoms with Gasteiger partial charge in [0.15, 0.2) is 0 Å². The summed E-state index contributed by atoms with van der Waals surface area (Å²) in [6.07, 6.45) is 4.27. The molecule has 0 saturated heterocycles. The van der Waals surface area contributed by atoms with Crippen LogP contribution in [-0.2, 0) is 6.42 Å². The fourth-order valence-electron chi connectivity index (χ4n) is 1.98. The summed E-state index contributed by atoms with van der Waals surface area (Å²) >= 11 is 5.68. The summed E-state index contributed by atoms with van der Waals surface area (Å²) in [6, 6.07) is 4.89. The lowest BCUT2D eigenvalue weighted by atomic mass is 9.78. The summed E-state index contributed by atoms with van der Waals surface area (Å²) in [7, 11) is 0. The molecule has 82 valence electrons. The van der Waals surface area contributed by atoms with Gasteiger partial charge in [0, 0.05) is 11.1 Å². The van der Waals surface area contributed by atoms with E-state index in [1.165, 1.54) is 25.3 Å². The third-order valence-electron chi connectivity index (χ3n) is 3.23. The Bertz CT molecular complexity index is 349. The van der Waals surface area contributed by atoms with E-state index in [1.54, 1.807) is 12.1 Å². The normalized spacial score (nSPS) is 18.6. The van der Waals surface area contributed by atoms with Gasteiger partial charge in [-0.2, -0.15) is 0 Å². The van der Waals surface area contributed by atoms with E-state index < -0.39 is 0 Å². The molecular weight excluding hydrogens is 213 g/mol. The fraction of sp³-hybridized carbons (Fsp3) is 0.500. The van der Waals surface area contributed by atoms with Gasteiger partial charge in [-0.15, -0.1) is 0 Å². The SMILES string of the molecule is NC(Cc1ccc(Cl)cc1F)C1CCC1. The Labute approximate surface area is 94.4 Å². The summed E-state index contributed by atoms with van der Waals surface area (Å²) in [6.45, 7) is 0. The molecule has 0 aliphatic heterocycles. The van der Waals surface area contributed by atoms with E-state index in [-0.39, 0.29) is 11.9 Å². The minimum Gasteiger partial charge on any atom is -0.327 e. The van der Waals surface area contributed by atoms with Crippen molar-refractivity contribution in [1.82, 2.24) is 0 Å². The Kier molecular flexibility index (Phi) is 3.27. The molecule has 1 saturated carbocycles. The average molecular weight is 228 g/mol. The molecular formula is C12H15ClFN. The van der Waals surface area contributed by atoms with Gasteiger partial charge >= 0.3 is 0 Å². The lowest BCUT2D eigenvalue weighted by Crippen LogP contribution is -2.36. The molecule has 1 fully saturated rings. The fourth-order valence-corrected chi connectivity index (χ4v) is 2.13. The van der Waals surface area contributed by atoms with Crippen LogP contribution in [0, 0.1) is 11.7 Å². The number of nitrogens with two attached hydrogens (primary N) is 1. The third-order valence-corrected chi connectivity index (χ3v) is 3.46. The lowest BCUT2D eigenvalue weighted by Gasteiger charge is -2.31. The van der Waals surface area contributed by atoms with Crippen molar-refractivity contribution in [2.45, 2.75) is 31.7 Å². The van der Waals surface area contributed by atoms with Crippen molar-refractivity contribution in [3.8, 4) is 0 Å². The molecule has 1 nitrogen and oxygen atoms in total. The van der Waals surface area contributed by atoms with E-state index in [2.05, 4.69) is 0 Å². The number of rotatable bonds is 3. The first kappa shape index (κ1) is 10.9. The minimum absolute atomic E-state index is 0.0921. The summed E-state index contributed by atoms with van der Waals surface area (Å²) in [4.78, 5) is 0. The van der Waals surface area contributed by atoms with Crippen LogP contribution in [0.25, 0.3) is 0 Å². The zero-order valence-electron chi connectivity index (χ0n) is 8.55. The first-order chi connectivity index (χ1) is 7.16. The Hall–Kier alpha value is -0.600. The quantitative estimate of drug-likeness (QED) is 0.844. The van der Waals surface area contributed by atoms with Gasteiger partial charge in [0.05, 0.1) is 0 Å². The monoisotopic (exact) mass is 227 g/mol. The van der Waals surface area contributed by atoms with Gasteiger partial charge in [-0.1, -0.05) is 24.1 Å². The van der Waals surface area contributed by atoms with Crippen LogP contribution in [0.1, 0.15) is 24.8 Å². The molecule has 1 atom stereocenters. The zero-order chi connectivity index (χ0) is 10.8. The van der Waals surface area contributed by atoms with Crippen LogP contribution in [0.3, 0.4) is 0 Å². The first-order valence-electron chi connectivity index (χ1n) is 5.36. The highest BCUT2D eigenvalue weighted by atomic mass is 35.5. The van der Waals surface area contributed by atoms with E-state index in [4.69, 9.17) is 17.3 Å². The molecule has 0 bridgehead atoms. The predicted molar refractivity (Wildman–Crippen MR) is 60.4 cm³/mol. The maximum Gasteiger partial charge on any atom is 0.127 e. The Morgan fingerprint density at radius 3 is 2.73 bits per heavy atom. The van der Waals surface area contributed by atoms with Gasteiger partial charge in [0.25, 0.3) is 0 Å². The molecule has 15 heavy (non-hydrogen) atoms. The van der Waals surface area contributed by atoms with Crippen molar-refractivity contribution >= 4 is 11.6 Å². The number of halogens is 2. The second-order valence-electron chi connectivity index (χ2n) is 4.29. The summed E-state index contributed by atoms with van der Waals surface area (Å²) in [5.74, 6) is 0.345. The zero-order valence-corrected chi connectivity index (χ0v) is 9.30. The average Bonchev–Trinajstić information content (AvgIpc) is 2.07. The van der Waals surface area contributed by atoms with Crippen molar-refractivity contribution in [3.63, 3.8) is 0 Å². The van der Waals surface area contributed by atoms with Crippen LogP contribution in [0.5, 0.6) is 0 Å². The molecule has 0 heterocycles. The maximum atomic E-state index is 13.5. The van der Waals surface area contributed by atoms with Gasteiger partial charge < -0.3 is 5.73 Å². The highest BCUT2D eigenvalue weighted by molar-refractivity contribution is 6.30. The molecule has 1 aromatic rings. The second kappa shape index (κ2) is 4.50. The molecule has 1 aliphatic carbocycles. The van der Waals surface area contributed by atoms with Crippen molar-refractivity contribution in [2.24, 2.45) is 11.7 Å². The highest BCUT2D eigenvalue weighted by Crippen LogP contribution is 2.30. The van der Waals surface area contributed by atoms with E-state index in [0.29, 0.717) is 22.9 Å². The van der Waals surface area contributed by atoms with Gasteiger partial charge in [0.2, 0.25) is 0 Å². The van der Waals surface area contributed by atoms with Gasteiger partial charge in [-0.25, -0.2) is 4.39 Å². The topological polar surface area (TPSA) is 26.0 Å². The lowest BCUT2D eigenvalue weighted by molar-refractivity contribution is 0.259. The largest absolute Gasteiger partial charge is 0.327 e. The van der Waals surface area contributed by atoms with E-state index in [9.17, 15) is 4.39 Å². The van der Waals surface area contributed by atoms with Crippen LogP contribution < -0.4 is 5.73 Å². The standard InChI is InChI=1S/C12H15ClFN/c13-10-5-4-9(11(14)7-10)6-12(15)8-2-1-3-8/h4-5,7-8,12H,1-3,6,15H2. The van der Waals surface area contributed by atoms with Crippen LogP contribution in [0.2, 0.25) is 5.02 Å². The molecule has 0 amide bonds. The molecule has 3 heteroatoms. The minimum atomic E-state index is -0.239. The number of benzene rings is 1. The highest BCUT2D eigenvalue weighted by Gasteiger charge is 2.24. The van der Waals surface area contributed by atoms with Gasteiger partial charge in [-0.3, -0.25) is 0 Å². The third kappa shape index (κ3) is 2.50. The predicted octanol–water partition coefficient (Wildman–Crippen LogP) is 3.15. The van der Waals surface area contributed by atoms with Crippen molar-refractivity contribution in [3.05, 3.63) is 34.6 Å². The van der Waals surface area contributed by atoms with Gasteiger partial charge in [-0.05, 0) is 42.9 Å². The molecule has 1 aliphatic rings. The van der Waals surface area contributed by atoms with Crippen molar-refractivity contribution in [1.29, 1.82) is 0 Å². The maximum absolute atomic E-state index is 13.5. The molecule has 1 unspecified atom stereocenters. The number of hydrogen-bond acceptors (Lipinski definition) is 1. The Morgan fingerprint density at radius 2 is 2.20 bits per heavy atom. The molecule has 0 spiro atoms. The summed E-state index contributed by atoms with van der Waals surface area (Å²) in [5.41, 5.74) is 6.70. The molecule has 2 N–H and O–H groups in total. The smallest absolute Gasteiger partial charge is 0.127 e. The number of hydrogen-bond donors (Lipinski definition) is 1. The first-order valence-corrected chi connectivity index (χ1v) is 5.74. The summed E-state index contributed by atoms with van der Waals surface area (Å²) in [5, 5.41) is 0.438. The Balaban J connectivity index is 2.03. The van der Waals surface area contributed by atoms with Crippen LogP contribution >= 0.6 is 11.6 Å². The molecule has 2 rings (SSSR count). The van der Waals surface area contributed by atoms with E-state index in [0.717, 1.165) is 0 Å². The van der Waals surface area contributed by atoms with E-state index >= 15 is 0 Å². The Morgan fingerprint density at radius 1 is 1.47 bits per heavy atom. The summed E-state index contributed by atoms with van der Waals surface area (Å²) < 4.78 is 13.5. The van der Waals surface area contributed by atoms with Gasteiger partial charge in [0.1, 0.15) is 5.82 Å². The van der Waals surface area contributed by atoms with Crippen molar-refractivity contribution in [2.75, 3.05) is 0 Å². The van der Waals surface area contributed by atoms with Crippen LogP contribution in [0.15, 0.2) is 18.2 Å². The molecule has 0 radical (unpaired) electrons. The van der Waals surface area contributed by atoms with Crippen molar-refractivity contribution < 1.29 is 4.39 Å². The molecule has 0 aromatic heterocycles. The van der Waals surface area contributed by atoms with E-state index in [1.807, 2.05) is 0 Å². The second-order valence-corrected chi connectivity index (χ2v) is 4.73. The van der Waals surface area contributed by atoms with Crippen LogP contribution in [0.4, 0.5) is 4.39 Å².